The topological polar surface area (TPSA) is 66.9 Å². The molecule has 0 bridgehead atoms. The third-order valence-corrected chi connectivity index (χ3v) is 4.06. The number of nitrogens with one attached hydrogen (secondary N) is 2. The van der Waals surface area contributed by atoms with Crippen molar-refractivity contribution in [2.24, 2.45) is 0 Å². The molecule has 1 saturated carbocycles. The Morgan fingerprint density at radius 3 is 2.41 bits per heavy atom. The van der Waals surface area contributed by atoms with Crippen LogP contribution in [0.5, 0.6) is 0 Å². The summed E-state index contributed by atoms with van der Waals surface area (Å²) in [5, 5.41) is 14.6. The lowest BCUT2D eigenvalue weighted by atomic mass is 10.2. The predicted molar refractivity (Wildman–Crippen MR) is 87.3 cm³/mol. The summed E-state index contributed by atoms with van der Waals surface area (Å²) in [5.74, 6) is 0.848. The van der Waals surface area contributed by atoms with Gasteiger partial charge in [-0.3, -0.25) is 4.79 Å². The maximum absolute atomic E-state index is 12.1. The second kappa shape index (κ2) is 6.75. The summed E-state index contributed by atoms with van der Waals surface area (Å²) in [7, 11) is 0. The van der Waals surface area contributed by atoms with Crippen LogP contribution in [0.15, 0.2) is 36.4 Å². The van der Waals surface area contributed by atoms with Crippen molar-refractivity contribution in [3.63, 3.8) is 0 Å². The van der Waals surface area contributed by atoms with E-state index < -0.39 is 0 Å². The lowest BCUT2D eigenvalue weighted by Crippen LogP contribution is -2.17. The molecule has 1 aliphatic carbocycles. The molecule has 5 nitrogen and oxygen atoms in total. The van der Waals surface area contributed by atoms with Crippen LogP contribution < -0.4 is 10.6 Å². The normalized spacial score (nSPS) is 14.8. The van der Waals surface area contributed by atoms with Gasteiger partial charge in [0.2, 0.25) is 0 Å². The first kappa shape index (κ1) is 14.8. The number of nitrogens with zero attached hydrogens (tertiary/aromatic N) is 2. The Kier molecular flexibility index (Phi) is 4.53. The maximum Gasteiger partial charge on any atom is 0.258 e. The fourth-order valence-electron chi connectivity index (χ4n) is 2.58. The highest BCUT2D eigenvalue weighted by Gasteiger charge is 2.15. The van der Waals surface area contributed by atoms with Gasteiger partial charge in [0.15, 0.2) is 5.82 Å². The van der Waals surface area contributed by atoms with Crippen LogP contribution in [0.25, 0.3) is 0 Å². The van der Waals surface area contributed by atoms with Gasteiger partial charge in [-0.05, 0) is 37.1 Å². The molecular formula is C16H17ClN4O. The van der Waals surface area contributed by atoms with Crippen LogP contribution in [0.3, 0.4) is 0 Å². The zero-order chi connectivity index (χ0) is 15.4. The molecule has 1 aromatic carbocycles. The zero-order valence-electron chi connectivity index (χ0n) is 12.1. The minimum Gasteiger partial charge on any atom is -0.366 e. The third kappa shape index (κ3) is 3.54. The Hall–Kier alpha value is -2.14. The monoisotopic (exact) mass is 316 g/mol. The summed E-state index contributed by atoms with van der Waals surface area (Å²) >= 11 is 6.00. The lowest BCUT2D eigenvalue weighted by Gasteiger charge is -2.12. The van der Waals surface area contributed by atoms with E-state index in [-0.39, 0.29) is 5.91 Å². The van der Waals surface area contributed by atoms with E-state index >= 15 is 0 Å². The predicted octanol–water partition coefficient (Wildman–Crippen LogP) is 3.74. The van der Waals surface area contributed by atoms with Gasteiger partial charge >= 0.3 is 0 Å². The number of anilines is 2. The molecular weight excluding hydrogens is 300 g/mol. The number of amides is 1. The fraction of sp³-hybridized carbons (Fsp3) is 0.312. The van der Waals surface area contributed by atoms with E-state index in [1.54, 1.807) is 30.3 Å². The van der Waals surface area contributed by atoms with E-state index in [0.717, 1.165) is 5.82 Å². The van der Waals surface area contributed by atoms with Crippen molar-refractivity contribution in [2.45, 2.75) is 31.7 Å². The van der Waals surface area contributed by atoms with Crippen molar-refractivity contribution >= 4 is 29.1 Å². The van der Waals surface area contributed by atoms with Gasteiger partial charge in [0.05, 0.1) is 10.6 Å². The number of carbonyl (C=O) groups is 1. The second-order valence-electron chi connectivity index (χ2n) is 5.36. The molecule has 2 N–H and O–H groups in total. The number of aromatic nitrogens is 2. The van der Waals surface area contributed by atoms with Gasteiger partial charge in [-0.15, -0.1) is 10.2 Å². The molecule has 0 aliphatic heterocycles. The third-order valence-electron chi connectivity index (χ3n) is 3.73. The molecule has 1 heterocycles. The van der Waals surface area contributed by atoms with E-state index in [0.29, 0.717) is 22.4 Å². The van der Waals surface area contributed by atoms with Crippen molar-refractivity contribution in [3.8, 4) is 0 Å². The number of benzene rings is 1. The van der Waals surface area contributed by atoms with Crippen LogP contribution >= 0.6 is 11.6 Å². The minimum atomic E-state index is -0.295. The highest BCUT2D eigenvalue weighted by atomic mass is 35.5. The Morgan fingerprint density at radius 2 is 1.73 bits per heavy atom. The SMILES string of the molecule is O=C(Nc1ccc(NC2CCCC2)nn1)c1ccccc1Cl. The number of carbonyl (C=O) groups excluding carboxylic acids is 1. The number of halogens is 1. The van der Waals surface area contributed by atoms with Crippen molar-refractivity contribution in [3.05, 3.63) is 47.0 Å². The van der Waals surface area contributed by atoms with Gasteiger partial charge < -0.3 is 10.6 Å². The first-order valence-corrected chi connectivity index (χ1v) is 7.76. The first-order valence-electron chi connectivity index (χ1n) is 7.38. The molecule has 1 aliphatic rings. The zero-order valence-corrected chi connectivity index (χ0v) is 12.8. The summed E-state index contributed by atoms with van der Waals surface area (Å²) in [6.45, 7) is 0. The van der Waals surface area contributed by atoms with Crippen LogP contribution in [-0.2, 0) is 0 Å². The molecule has 6 heteroatoms. The Labute approximate surface area is 134 Å². The molecule has 0 radical (unpaired) electrons. The van der Waals surface area contributed by atoms with E-state index in [1.165, 1.54) is 25.7 Å². The Morgan fingerprint density at radius 1 is 1.05 bits per heavy atom. The van der Waals surface area contributed by atoms with Gasteiger partial charge in [0, 0.05) is 6.04 Å². The molecule has 0 saturated heterocycles. The molecule has 114 valence electrons. The van der Waals surface area contributed by atoms with Gasteiger partial charge in [-0.25, -0.2) is 0 Å². The van der Waals surface area contributed by atoms with Crippen LogP contribution in [-0.4, -0.2) is 22.1 Å². The number of rotatable bonds is 4. The lowest BCUT2D eigenvalue weighted by molar-refractivity contribution is 0.102. The number of hydrogen-bond donors (Lipinski definition) is 2. The van der Waals surface area contributed by atoms with Crippen molar-refractivity contribution < 1.29 is 4.79 Å². The van der Waals surface area contributed by atoms with Crippen molar-refractivity contribution in [1.29, 1.82) is 0 Å². The molecule has 1 fully saturated rings. The second-order valence-corrected chi connectivity index (χ2v) is 5.77. The Bertz CT molecular complexity index is 653. The molecule has 0 spiro atoms. The molecule has 1 aromatic heterocycles. The van der Waals surface area contributed by atoms with Crippen LogP contribution in [0.1, 0.15) is 36.0 Å². The smallest absolute Gasteiger partial charge is 0.258 e. The van der Waals surface area contributed by atoms with Crippen LogP contribution in [0, 0.1) is 0 Å². The summed E-state index contributed by atoms with van der Waals surface area (Å²) < 4.78 is 0. The van der Waals surface area contributed by atoms with Crippen LogP contribution in [0.2, 0.25) is 5.02 Å². The van der Waals surface area contributed by atoms with Gasteiger partial charge in [0.25, 0.3) is 5.91 Å². The standard InChI is InChI=1S/C16H17ClN4O/c17-13-8-4-3-7-12(13)16(22)19-15-10-9-14(20-21-15)18-11-5-1-2-6-11/h3-4,7-11H,1-2,5-6H2,(H,18,20)(H,19,21,22). The van der Waals surface area contributed by atoms with Crippen LogP contribution in [0.4, 0.5) is 11.6 Å². The van der Waals surface area contributed by atoms with E-state index in [2.05, 4.69) is 20.8 Å². The van der Waals surface area contributed by atoms with E-state index in [1.807, 2.05) is 6.07 Å². The summed E-state index contributed by atoms with van der Waals surface area (Å²) in [6, 6.07) is 10.9. The van der Waals surface area contributed by atoms with Crippen molar-refractivity contribution in [2.75, 3.05) is 10.6 Å². The molecule has 0 atom stereocenters. The van der Waals surface area contributed by atoms with Crippen molar-refractivity contribution in [1.82, 2.24) is 10.2 Å². The molecule has 22 heavy (non-hydrogen) atoms. The van der Waals surface area contributed by atoms with Gasteiger partial charge in [-0.2, -0.15) is 0 Å². The highest BCUT2D eigenvalue weighted by Crippen LogP contribution is 2.21. The average molecular weight is 317 g/mol. The average Bonchev–Trinajstić information content (AvgIpc) is 3.02. The first-order chi connectivity index (χ1) is 10.7. The summed E-state index contributed by atoms with van der Waals surface area (Å²) in [5.41, 5.74) is 0.416. The summed E-state index contributed by atoms with van der Waals surface area (Å²) in [4.78, 5) is 12.1. The molecule has 1 amide bonds. The summed E-state index contributed by atoms with van der Waals surface area (Å²) in [6.07, 6.45) is 4.87. The minimum absolute atomic E-state index is 0.295. The largest absolute Gasteiger partial charge is 0.366 e. The molecule has 3 rings (SSSR count). The van der Waals surface area contributed by atoms with E-state index in [4.69, 9.17) is 11.6 Å². The van der Waals surface area contributed by atoms with E-state index in [9.17, 15) is 4.79 Å². The fourth-order valence-corrected chi connectivity index (χ4v) is 2.81. The number of hydrogen-bond acceptors (Lipinski definition) is 4. The Balaban J connectivity index is 1.63. The molecule has 2 aromatic rings. The highest BCUT2D eigenvalue weighted by molar-refractivity contribution is 6.34. The van der Waals surface area contributed by atoms with Gasteiger partial charge in [0.1, 0.15) is 5.82 Å². The maximum atomic E-state index is 12.1. The van der Waals surface area contributed by atoms with Gasteiger partial charge in [-0.1, -0.05) is 36.6 Å². The molecule has 0 unspecified atom stereocenters. The quantitative estimate of drug-likeness (QED) is 0.901.